The molecular weight excluding hydrogens is 293 g/mol. The molecular formula is C14H14FN3S2. The third-order valence-electron chi connectivity index (χ3n) is 3.09. The number of thiophene rings is 1. The molecule has 1 unspecified atom stereocenters. The Morgan fingerprint density at radius 1 is 1.40 bits per heavy atom. The lowest BCUT2D eigenvalue weighted by atomic mass is 10.1. The molecule has 3 rings (SSSR count). The maximum atomic E-state index is 13.2. The van der Waals surface area contributed by atoms with Crippen molar-refractivity contribution in [2.75, 3.05) is 0 Å². The number of fused-ring (bicyclic) bond motifs is 1. The average molecular weight is 307 g/mol. The molecule has 0 aliphatic heterocycles. The van der Waals surface area contributed by atoms with Gasteiger partial charge >= 0.3 is 0 Å². The van der Waals surface area contributed by atoms with Crippen LogP contribution in [0.25, 0.3) is 10.1 Å². The first kappa shape index (κ1) is 13.6. The first-order valence-corrected chi connectivity index (χ1v) is 7.91. The second-order valence-corrected chi connectivity index (χ2v) is 6.69. The van der Waals surface area contributed by atoms with E-state index in [1.165, 1.54) is 6.07 Å². The number of halogens is 1. The molecule has 3 nitrogen and oxygen atoms in total. The van der Waals surface area contributed by atoms with E-state index in [9.17, 15) is 4.39 Å². The number of hydrazine groups is 1. The number of aryl methyl sites for hydroxylation is 1. The predicted molar refractivity (Wildman–Crippen MR) is 82.4 cm³/mol. The summed E-state index contributed by atoms with van der Waals surface area (Å²) in [6.45, 7) is 1.98. The van der Waals surface area contributed by atoms with E-state index in [-0.39, 0.29) is 11.9 Å². The largest absolute Gasteiger partial charge is 0.271 e. The van der Waals surface area contributed by atoms with Gasteiger partial charge in [0.25, 0.3) is 0 Å². The van der Waals surface area contributed by atoms with E-state index in [0.29, 0.717) is 0 Å². The number of nitrogens with two attached hydrogens (primary N) is 1. The average Bonchev–Trinajstić information content (AvgIpc) is 3.01. The third kappa shape index (κ3) is 2.73. The molecule has 3 N–H and O–H groups in total. The van der Waals surface area contributed by atoms with E-state index in [0.717, 1.165) is 32.1 Å². The molecule has 0 bridgehead atoms. The topological polar surface area (TPSA) is 50.9 Å². The maximum absolute atomic E-state index is 13.2. The SMILES string of the molecule is Cc1csc(CC(NN)c2cc3cc(F)ccc3s2)n1. The van der Waals surface area contributed by atoms with Crippen LogP contribution in [0.1, 0.15) is 21.6 Å². The van der Waals surface area contributed by atoms with Crippen molar-refractivity contribution in [3.8, 4) is 0 Å². The number of hydrogen-bond donors (Lipinski definition) is 2. The molecule has 0 saturated carbocycles. The van der Waals surface area contributed by atoms with Gasteiger partial charge in [0.2, 0.25) is 0 Å². The monoisotopic (exact) mass is 307 g/mol. The summed E-state index contributed by atoms with van der Waals surface area (Å²) in [4.78, 5) is 5.56. The molecule has 0 amide bonds. The third-order valence-corrected chi connectivity index (χ3v) is 5.31. The Bertz CT molecular complexity index is 735. The molecule has 0 aliphatic rings. The summed E-state index contributed by atoms with van der Waals surface area (Å²) in [7, 11) is 0. The second-order valence-electron chi connectivity index (χ2n) is 4.64. The van der Waals surface area contributed by atoms with Gasteiger partial charge in [-0.25, -0.2) is 9.37 Å². The zero-order valence-electron chi connectivity index (χ0n) is 10.9. The molecule has 0 radical (unpaired) electrons. The highest BCUT2D eigenvalue weighted by Gasteiger charge is 2.15. The van der Waals surface area contributed by atoms with Crippen LogP contribution in [0.5, 0.6) is 0 Å². The minimum atomic E-state index is -0.213. The van der Waals surface area contributed by atoms with Crippen LogP contribution in [-0.4, -0.2) is 4.98 Å². The zero-order chi connectivity index (χ0) is 14.1. The van der Waals surface area contributed by atoms with Crippen molar-refractivity contribution in [2.45, 2.75) is 19.4 Å². The molecule has 20 heavy (non-hydrogen) atoms. The summed E-state index contributed by atoms with van der Waals surface area (Å²) in [5.41, 5.74) is 3.86. The van der Waals surface area contributed by atoms with Crippen LogP contribution >= 0.6 is 22.7 Å². The molecule has 3 aromatic rings. The number of nitrogens with zero attached hydrogens (tertiary/aromatic N) is 1. The van der Waals surface area contributed by atoms with Gasteiger partial charge in [0, 0.05) is 27.1 Å². The van der Waals surface area contributed by atoms with Gasteiger partial charge in [0.1, 0.15) is 5.82 Å². The summed E-state index contributed by atoms with van der Waals surface area (Å²) in [5.74, 6) is 5.46. The number of nitrogens with one attached hydrogen (secondary N) is 1. The lowest BCUT2D eigenvalue weighted by Gasteiger charge is -2.11. The second kappa shape index (κ2) is 5.57. The van der Waals surface area contributed by atoms with Gasteiger partial charge in [-0.1, -0.05) is 0 Å². The molecule has 2 aromatic heterocycles. The van der Waals surface area contributed by atoms with Gasteiger partial charge in [-0.3, -0.25) is 11.3 Å². The number of benzene rings is 1. The van der Waals surface area contributed by atoms with E-state index in [2.05, 4.69) is 10.4 Å². The first-order valence-electron chi connectivity index (χ1n) is 6.22. The summed E-state index contributed by atoms with van der Waals surface area (Å²) in [6, 6.07) is 6.84. The summed E-state index contributed by atoms with van der Waals surface area (Å²) >= 11 is 3.27. The minimum Gasteiger partial charge on any atom is -0.271 e. The van der Waals surface area contributed by atoms with Crippen LogP contribution in [0, 0.1) is 12.7 Å². The highest BCUT2D eigenvalue weighted by atomic mass is 32.1. The molecule has 6 heteroatoms. The summed E-state index contributed by atoms with van der Waals surface area (Å²) in [5, 5.41) is 4.00. The molecule has 0 fully saturated rings. The molecule has 0 saturated heterocycles. The Morgan fingerprint density at radius 2 is 2.25 bits per heavy atom. The molecule has 0 spiro atoms. The first-order chi connectivity index (χ1) is 9.65. The highest BCUT2D eigenvalue weighted by Crippen LogP contribution is 2.32. The van der Waals surface area contributed by atoms with Crippen molar-refractivity contribution in [1.29, 1.82) is 0 Å². The molecule has 1 aromatic carbocycles. The van der Waals surface area contributed by atoms with Crippen LogP contribution in [0.2, 0.25) is 0 Å². The van der Waals surface area contributed by atoms with E-state index in [4.69, 9.17) is 5.84 Å². The Hall–Kier alpha value is -1.34. The van der Waals surface area contributed by atoms with E-state index >= 15 is 0 Å². The maximum Gasteiger partial charge on any atom is 0.123 e. The fraction of sp³-hybridized carbons (Fsp3) is 0.214. The van der Waals surface area contributed by atoms with E-state index in [1.807, 2.05) is 18.4 Å². The van der Waals surface area contributed by atoms with Gasteiger partial charge in [-0.05, 0) is 36.6 Å². The lowest BCUT2D eigenvalue weighted by Crippen LogP contribution is -2.28. The fourth-order valence-electron chi connectivity index (χ4n) is 2.12. The van der Waals surface area contributed by atoms with Gasteiger partial charge in [-0.2, -0.15) is 0 Å². The lowest BCUT2D eigenvalue weighted by molar-refractivity contribution is 0.559. The Morgan fingerprint density at radius 3 is 2.95 bits per heavy atom. The highest BCUT2D eigenvalue weighted by molar-refractivity contribution is 7.19. The smallest absolute Gasteiger partial charge is 0.123 e. The predicted octanol–water partition coefficient (Wildman–Crippen LogP) is 3.55. The van der Waals surface area contributed by atoms with Crippen molar-refractivity contribution in [1.82, 2.24) is 10.4 Å². The summed E-state index contributed by atoms with van der Waals surface area (Å²) in [6.07, 6.45) is 0.740. The van der Waals surface area contributed by atoms with E-state index < -0.39 is 0 Å². The van der Waals surface area contributed by atoms with E-state index in [1.54, 1.807) is 34.8 Å². The normalized spacial score (nSPS) is 12.9. The van der Waals surface area contributed by atoms with Gasteiger partial charge < -0.3 is 0 Å². The Kier molecular flexibility index (Phi) is 3.80. The number of hydrogen-bond acceptors (Lipinski definition) is 5. The standard InChI is InChI=1S/C14H14FN3S2/c1-8-7-19-14(17-8)6-11(18-16)13-5-9-4-10(15)2-3-12(9)20-13/h2-5,7,11,18H,6,16H2,1H3. The van der Waals surface area contributed by atoms with Gasteiger partial charge in [0.05, 0.1) is 11.0 Å². The molecule has 2 heterocycles. The Labute approximate surface area is 124 Å². The Balaban J connectivity index is 1.90. The quantitative estimate of drug-likeness (QED) is 0.572. The van der Waals surface area contributed by atoms with Crippen LogP contribution in [0.15, 0.2) is 29.6 Å². The molecule has 1 atom stereocenters. The van der Waals surface area contributed by atoms with Gasteiger partial charge in [-0.15, -0.1) is 22.7 Å². The molecule has 0 aliphatic carbocycles. The minimum absolute atomic E-state index is 0.000936. The van der Waals surface area contributed by atoms with Gasteiger partial charge in [0.15, 0.2) is 0 Å². The number of aromatic nitrogens is 1. The van der Waals surface area contributed by atoms with Crippen molar-refractivity contribution in [3.05, 3.63) is 51.0 Å². The van der Waals surface area contributed by atoms with Crippen LogP contribution in [0.4, 0.5) is 4.39 Å². The van der Waals surface area contributed by atoms with Crippen molar-refractivity contribution in [2.24, 2.45) is 5.84 Å². The van der Waals surface area contributed by atoms with Crippen molar-refractivity contribution >= 4 is 32.8 Å². The molecule has 104 valence electrons. The van der Waals surface area contributed by atoms with Crippen molar-refractivity contribution in [3.63, 3.8) is 0 Å². The fourth-order valence-corrected chi connectivity index (χ4v) is 4.04. The van der Waals surface area contributed by atoms with Crippen molar-refractivity contribution < 1.29 is 4.39 Å². The zero-order valence-corrected chi connectivity index (χ0v) is 12.5. The van der Waals surface area contributed by atoms with Crippen LogP contribution in [0.3, 0.4) is 0 Å². The number of rotatable bonds is 4. The van der Waals surface area contributed by atoms with Crippen LogP contribution in [-0.2, 0) is 6.42 Å². The summed E-state index contributed by atoms with van der Waals surface area (Å²) < 4.78 is 14.3. The van der Waals surface area contributed by atoms with Crippen LogP contribution < -0.4 is 11.3 Å². The number of thiazole rings is 1.